The summed E-state index contributed by atoms with van der Waals surface area (Å²) in [5.41, 5.74) is -2.42. The minimum atomic E-state index is -3.08. The van der Waals surface area contributed by atoms with Crippen LogP contribution >= 0.6 is 0 Å². The van der Waals surface area contributed by atoms with Gasteiger partial charge < -0.3 is 14.6 Å². The largest absolute Gasteiger partial charge is 0.507 e. The summed E-state index contributed by atoms with van der Waals surface area (Å²) in [7, 11) is 0. The quantitative estimate of drug-likeness (QED) is 0.850. The number of fused-ring (bicyclic) bond motifs is 2. The Labute approximate surface area is 118 Å². The van der Waals surface area contributed by atoms with Crippen molar-refractivity contribution in [2.75, 3.05) is 0 Å². The summed E-state index contributed by atoms with van der Waals surface area (Å²) >= 11 is 0. The first-order valence-electron chi connectivity index (χ1n) is 6.12. The second-order valence-electron chi connectivity index (χ2n) is 4.50. The van der Waals surface area contributed by atoms with Crippen molar-refractivity contribution in [3.8, 4) is 11.5 Å². The van der Waals surface area contributed by atoms with Crippen LogP contribution in [0.2, 0.25) is 0 Å². The lowest BCUT2D eigenvalue weighted by molar-refractivity contribution is -0.0979. The molecule has 6 heteroatoms. The van der Waals surface area contributed by atoms with E-state index in [4.69, 9.17) is 9.84 Å². The van der Waals surface area contributed by atoms with Gasteiger partial charge in [0.1, 0.15) is 11.5 Å². The molecule has 0 radical (unpaired) electrons. The van der Waals surface area contributed by atoms with Crippen LogP contribution < -0.4 is 4.74 Å². The number of ether oxygens (including phenoxy) is 2. The fraction of sp³-hybridized carbons (Fsp3) is 0.133. The highest BCUT2D eigenvalue weighted by atomic mass is 19.3. The molecule has 0 unspecified atom stereocenters. The summed E-state index contributed by atoms with van der Waals surface area (Å²) in [6.45, 7) is 0. The van der Waals surface area contributed by atoms with Crippen LogP contribution in [0.15, 0.2) is 48.5 Å². The number of rotatable bonds is 2. The van der Waals surface area contributed by atoms with Gasteiger partial charge in [-0.1, -0.05) is 36.4 Å². The summed E-state index contributed by atoms with van der Waals surface area (Å²) in [6.07, 6.45) is -4.86. The standard InChI is InChI=1S/C15H10F2O4/c16-13(17)15(21-14(18)19)9-5-1-3-7-11(9)20-12-8-4-2-6-10(12)15/h1-8,13H,(H,18,19). The minimum Gasteiger partial charge on any atom is -0.456 e. The molecule has 3 rings (SSSR count). The van der Waals surface area contributed by atoms with Gasteiger partial charge in [0.15, 0.2) is 0 Å². The number of benzene rings is 2. The number of para-hydroxylation sites is 2. The molecule has 2 aromatic carbocycles. The van der Waals surface area contributed by atoms with Crippen molar-refractivity contribution < 1.29 is 28.2 Å². The second-order valence-corrected chi connectivity index (χ2v) is 4.50. The number of halogens is 2. The van der Waals surface area contributed by atoms with Crippen molar-refractivity contribution in [2.45, 2.75) is 12.0 Å². The summed E-state index contributed by atoms with van der Waals surface area (Å²) in [5.74, 6) is 0.301. The number of carbonyl (C=O) groups is 1. The van der Waals surface area contributed by atoms with Crippen LogP contribution in [-0.2, 0) is 10.3 Å². The molecule has 1 heterocycles. The van der Waals surface area contributed by atoms with Crippen molar-refractivity contribution in [3.63, 3.8) is 0 Å². The maximum Gasteiger partial charge on any atom is 0.507 e. The molecule has 0 amide bonds. The molecule has 0 aromatic heterocycles. The van der Waals surface area contributed by atoms with E-state index in [-0.39, 0.29) is 22.6 Å². The van der Waals surface area contributed by atoms with Crippen molar-refractivity contribution >= 4 is 6.16 Å². The molecule has 0 aliphatic carbocycles. The highest BCUT2D eigenvalue weighted by Gasteiger charge is 2.53. The van der Waals surface area contributed by atoms with Crippen molar-refractivity contribution in [2.24, 2.45) is 0 Å². The molecule has 1 aliphatic heterocycles. The predicted octanol–water partition coefficient (Wildman–Crippen LogP) is 4.00. The SMILES string of the molecule is O=C(O)OC1(C(F)F)c2ccccc2Oc2ccccc21. The molecule has 1 aliphatic rings. The maximum atomic E-state index is 13.8. The maximum absolute atomic E-state index is 13.8. The zero-order chi connectivity index (χ0) is 15.0. The number of hydrogen-bond donors (Lipinski definition) is 1. The Morgan fingerprint density at radius 2 is 1.52 bits per heavy atom. The van der Waals surface area contributed by atoms with E-state index in [1.807, 2.05) is 0 Å². The Kier molecular flexibility index (Phi) is 3.01. The van der Waals surface area contributed by atoms with Gasteiger partial charge in [-0.25, -0.2) is 13.6 Å². The van der Waals surface area contributed by atoms with E-state index in [0.29, 0.717) is 0 Å². The zero-order valence-corrected chi connectivity index (χ0v) is 10.6. The topological polar surface area (TPSA) is 55.8 Å². The van der Waals surface area contributed by atoms with E-state index >= 15 is 0 Å². The van der Waals surface area contributed by atoms with Gasteiger partial charge in [0.2, 0.25) is 5.60 Å². The lowest BCUT2D eigenvalue weighted by atomic mass is 9.83. The Morgan fingerprint density at radius 3 is 1.95 bits per heavy atom. The smallest absolute Gasteiger partial charge is 0.456 e. The van der Waals surface area contributed by atoms with Crippen molar-refractivity contribution in [3.05, 3.63) is 59.7 Å². The van der Waals surface area contributed by atoms with Gasteiger partial charge in [-0.3, -0.25) is 0 Å². The molecular formula is C15H10F2O4. The number of alkyl halides is 2. The predicted molar refractivity (Wildman–Crippen MR) is 68.9 cm³/mol. The van der Waals surface area contributed by atoms with Gasteiger partial charge in [0.25, 0.3) is 6.43 Å². The molecule has 108 valence electrons. The Morgan fingerprint density at radius 1 is 1.05 bits per heavy atom. The summed E-state index contributed by atoms with van der Waals surface area (Å²) in [4.78, 5) is 11.0. The molecular weight excluding hydrogens is 282 g/mol. The van der Waals surface area contributed by atoms with Crippen LogP contribution in [0, 0.1) is 0 Å². The molecule has 2 aromatic rings. The van der Waals surface area contributed by atoms with E-state index in [1.165, 1.54) is 36.4 Å². The van der Waals surface area contributed by atoms with E-state index in [1.54, 1.807) is 12.1 Å². The Balaban J connectivity index is 2.33. The zero-order valence-electron chi connectivity index (χ0n) is 10.6. The van der Waals surface area contributed by atoms with Gasteiger partial charge in [-0.15, -0.1) is 0 Å². The number of carboxylic acid groups (broad SMARTS) is 1. The monoisotopic (exact) mass is 292 g/mol. The molecule has 0 saturated carbocycles. The fourth-order valence-electron chi connectivity index (χ4n) is 2.52. The van der Waals surface area contributed by atoms with Crippen molar-refractivity contribution in [1.29, 1.82) is 0 Å². The van der Waals surface area contributed by atoms with Crippen molar-refractivity contribution in [1.82, 2.24) is 0 Å². The Hall–Kier alpha value is -2.63. The first-order chi connectivity index (χ1) is 10.1. The van der Waals surface area contributed by atoms with E-state index in [2.05, 4.69) is 4.74 Å². The molecule has 4 nitrogen and oxygen atoms in total. The van der Waals surface area contributed by atoms with Crippen LogP contribution in [0.4, 0.5) is 13.6 Å². The van der Waals surface area contributed by atoms with E-state index < -0.39 is 18.2 Å². The normalized spacial score (nSPS) is 14.8. The average molecular weight is 292 g/mol. The molecule has 0 atom stereocenters. The first-order valence-corrected chi connectivity index (χ1v) is 6.12. The van der Waals surface area contributed by atoms with E-state index in [9.17, 15) is 13.6 Å². The van der Waals surface area contributed by atoms with Crippen LogP contribution in [0.3, 0.4) is 0 Å². The summed E-state index contributed by atoms with van der Waals surface area (Å²) < 4.78 is 37.9. The fourth-order valence-corrected chi connectivity index (χ4v) is 2.52. The highest BCUT2D eigenvalue weighted by molar-refractivity contribution is 5.63. The summed E-state index contributed by atoms with van der Waals surface area (Å²) in [5, 5.41) is 8.93. The molecule has 0 saturated heterocycles. The van der Waals surface area contributed by atoms with E-state index in [0.717, 1.165) is 0 Å². The second kappa shape index (κ2) is 4.73. The van der Waals surface area contributed by atoms with Gasteiger partial charge in [-0.2, -0.15) is 0 Å². The molecule has 0 spiro atoms. The molecule has 0 bridgehead atoms. The van der Waals surface area contributed by atoms with Gasteiger partial charge >= 0.3 is 6.16 Å². The highest BCUT2D eigenvalue weighted by Crippen LogP contribution is 2.51. The lowest BCUT2D eigenvalue weighted by Crippen LogP contribution is -2.42. The average Bonchev–Trinajstić information content (AvgIpc) is 2.46. The summed E-state index contributed by atoms with van der Waals surface area (Å²) in [6, 6.07) is 12.0. The van der Waals surface area contributed by atoms with Crippen LogP contribution in [-0.4, -0.2) is 17.7 Å². The third kappa shape index (κ3) is 1.91. The number of hydrogen-bond acceptors (Lipinski definition) is 3. The van der Waals surface area contributed by atoms with Crippen LogP contribution in [0.5, 0.6) is 11.5 Å². The third-order valence-corrected chi connectivity index (χ3v) is 3.35. The first kappa shape index (κ1) is 13.4. The molecule has 1 N–H and O–H groups in total. The van der Waals surface area contributed by atoms with Gasteiger partial charge in [0, 0.05) is 11.1 Å². The van der Waals surface area contributed by atoms with Gasteiger partial charge in [-0.05, 0) is 12.1 Å². The lowest BCUT2D eigenvalue weighted by Gasteiger charge is -2.37. The van der Waals surface area contributed by atoms with Crippen LogP contribution in [0.1, 0.15) is 11.1 Å². The molecule has 21 heavy (non-hydrogen) atoms. The Bertz CT molecular complexity index is 654. The molecule has 0 fully saturated rings. The third-order valence-electron chi connectivity index (χ3n) is 3.35. The van der Waals surface area contributed by atoms with Gasteiger partial charge in [0.05, 0.1) is 0 Å². The van der Waals surface area contributed by atoms with Crippen LogP contribution in [0.25, 0.3) is 0 Å². The minimum absolute atomic E-state index is 0.0129.